The Bertz CT molecular complexity index is 806. The number of carbonyl (C=O) groups is 2. The Labute approximate surface area is 147 Å². The Hall–Kier alpha value is -2.30. The first-order chi connectivity index (χ1) is 12.1. The summed E-state index contributed by atoms with van der Waals surface area (Å²) in [5, 5.41) is 4.26. The summed E-state index contributed by atoms with van der Waals surface area (Å²) in [6, 6.07) is 6.00. The lowest BCUT2D eigenvalue weighted by atomic mass is 10.1. The molecule has 1 atom stereocenters. The number of likely N-dealkylation sites (tertiary alicyclic amines) is 1. The molecule has 25 heavy (non-hydrogen) atoms. The molecule has 1 saturated heterocycles. The van der Waals surface area contributed by atoms with Gasteiger partial charge >= 0.3 is 0 Å². The van der Waals surface area contributed by atoms with Crippen molar-refractivity contribution in [1.82, 2.24) is 15.2 Å². The number of benzene rings is 1. The van der Waals surface area contributed by atoms with Gasteiger partial charge in [0.2, 0.25) is 11.8 Å². The molecule has 5 nitrogen and oxygen atoms in total. The van der Waals surface area contributed by atoms with Crippen molar-refractivity contribution in [3.63, 3.8) is 0 Å². The van der Waals surface area contributed by atoms with E-state index in [-0.39, 0.29) is 23.8 Å². The summed E-state index contributed by atoms with van der Waals surface area (Å²) >= 11 is 0. The van der Waals surface area contributed by atoms with E-state index in [1.54, 1.807) is 0 Å². The Morgan fingerprint density at radius 3 is 2.92 bits per heavy atom. The average Bonchev–Trinajstić information content (AvgIpc) is 3.19. The second-order valence-electron chi connectivity index (χ2n) is 7.32. The van der Waals surface area contributed by atoms with Gasteiger partial charge < -0.3 is 15.2 Å². The van der Waals surface area contributed by atoms with Crippen molar-refractivity contribution in [2.45, 2.75) is 45.1 Å². The summed E-state index contributed by atoms with van der Waals surface area (Å²) in [6.07, 6.45) is 6.52. The van der Waals surface area contributed by atoms with Crippen molar-refractivity contribution in [2.75, 3.05) is 13.1 Å². The van der Waals surface area contributed by atoms with E-state index in [4.69, 9.17) is 0 Å². The SMILES string of the molecule is Cc1cccc2c(CCNC(=O)C3CCCN3C(=O)C3CC3)c[nH]c12. The third kappa shape index (κ3) is 3.15. The molecule has 2 N–H and O–H groups in total. The molecule has 5 heteroatoms. The van der Waals surface area contributed by atoms with E-state index in [1.807, 2.05) is 11.1 Å². The normalized spacial score (nSPS) is 20.2. The fourth-order valence-electron chi connectivity index (χ4n) is 3.88. The average molecular weight is 339 g/mol. The van der Waals surface area contributed by atoms with E-state index in [2.05, 4.69) is 35.4 Å². The van der Waals surface area contributed by atoms with Crippen LogP contribution in [0.1, 0.15) is 36.8 Å². The Morgan fingerprint density at radius 1 is 1.28 bits per heavy atom. The highest BCUT2D eigenvalue weighted by Crippen LogP contribution is 2.33. The lowest BCUT2D eigenvalue weighted by Gasteiger charge is -2.24. The fourth-order valence-corrected chi connectivity index (χ4v) is 3.88. The largest absolute Gasteiger partial charge is 0.361 e. The number of H-pyrrole nitrogens is 1. The Balaban J connectivity index is 1.35. The van der Waals surface area contributed by atoms with E-state index in [9.17, 15) is 9.59 Å². The number of hydrogen-bond donors (Lipinski definition) is 2. The van der Waals surface area contributed by atoms with Gasteiger partial charge in [-0.25, -0.2) is 0 Å². The quantitative estimate of drug-likeness (QED) is 0.879. The number of amides is 2. The maximum Gasteiger partial charge on any atom is 0.242 e. The molecule has 1 aromatic carbocycles. The molecule has 1 aliphatic heterocycles. The first-order valence-corrected chi connectivity index (χ1v) is 9.29. The first-order valence-electron chi connectivity index (χ1n) is 9.29. The number of aryl methyl sites for hydroxylation is 1. The van der Waals surface area contributed by atoms with Crippen LogP contribution in [0, 0.1) is 12.8 Å². The van der Waals surface area contributed by atoms with Crippen molar-refractivity contribution in [3.8, 4) is 0 Å². The van der Waals surface area contributed by atoms with Gasteiger partial charge in [-0.15, -0.1) is 0 Å². The number of nitrogens with zero attached hydrogens (tertiary/aromatic N) is 1. The van der Waals surface area contributed by atoms with Gasteiger partial charge in [-0.3, -0.25) is 9.59 Å². The molecule has 2 amide bonds. The van der Waals surface area contributed by atoms with Gasteiger partial charge in [-0.1, -0.05) is 18.2 Å². The molecular weight excluding hydrogens is 314 g/mol. The van der Waals surface area contributed by atoms with Gasteiger partial charge in [0.25, 0.3) is 0 Å². The number of carbonyl (C=O) groups excluding carboxylic acids is 2. The zero-order valence-corrected chi connectivity index (χ0v) is 14.7. The van der Waals surface area contributed by atoms with Crippen LogP contribution in [0.25, 0.3) is 10.9 Å². The molecule has 1 aromatic heterocycles. The first kappa shape index (κ1) is 16.2. The summed E-state index contributed by atoms with van der Waals surface area (Å²) in [6.45, 7) is 3.42. The predicted molar refractivity (Wildman–Crippen MR) is 97.2 cm³/mol. The summed E-state index contributed by atoms with van der Waals surface area (Å²) in [5.41, 5.74) is 3.62. The van der Waals surface area contributed by atoms with Crippen molar-refractivity contribution in [3.05, 3.63) is 35.5 Å². The zero-order chi connectivity index (χ0) is 17.4. The van der Waals surface area contributed by atoms with Gasteiger partial charge in [-0.05, 0) is 50.2 Å². The van der Waals surface area contributed by atoms with Gasteiger partial charge in [0.05, 0.1) is 0 Å². The second kappa shape index (κ2) is 6.54. The number of aromatic nitrogens is 1. The van der Waals surface area contributed by atoms with Crippen molar-refractivity contribution in [2.24, 2.45) is 5.92 Å². The van der Waals surface area contributed by atoms with Crippen LogP contribution in [-0.4, -0.2) is 40.8 Å². The predicted octanol–water partition coefficient (Wildman–Crippen LogP) is 2.54. The molecule has 132 valence electrons. The molecule has 2 aliphatic rings. The number of fused-ring (bicyclic) bond motifs is 1. The maximum absolute atomic E-state index is 12.5. The maximum atomic E-state index is 12.5. The van der Waals surface area contributed by atoms with E-state index in [1.165, 1.54) is 22.0 Å². The molecule has 4 rings (SSSR count). The van der Waals surface area contributed by atoms with E-state index in [0.29, 0.717) is 6.54 Å². The lowest BCUT2D eigenvalue weighted by Crippen LogP contribution is -2.46. The summed E-state index contributed by atoms with van der Waals surface area (Å²) in [7, 11) is 0. The molecule has 0 bridgehead atoms. The smallest absolute Gasteiger partial charge is 0.242 e. The topological polar surface area (TPSA) is 65.2 Å². The van der Waals surface area contributed by atoms with Crippen molar-refractivity contribution in [1.29, 1.82) is 0 Å². The zero-order valence-electron chi connectivity index (χ0n) is 14.7. The number of aromatic amines is 1. The van der Waals surface area contributed by atoms with Gasteiger partial charge in [-0.2, -0.15) is 0 Å². The summed E-state index contributed by atoms with van der Waals surface area (Å²) in [5.74, 6) is 0.370. The summed E-state index contributed by atoms with van der Waals surface area (Å²) in [4.78, 5) is 30.0. The van der Waals surface area contributed by atoms with Gasteiger partial charge in [0, 0.05) is 36.1 Å². The molecule has 1 aliphatic carbocycles. The molecule has 1 saturated carbocycles. The van der Waals surface area contributed by atoms with Crippen molar-refractivity contribution >= 4 is 22.7 Å². The van der Waals surface area contributed by atoms with E-state index in [0.717, 1.165) is 38.6 Å². The minimum atomic E-state index is -0.265. The van der Waals surface area contributed by atoms with Crippen LogP contribution < -0.4 is 5.32 Å². The van der Waals surface area contributed by atoms with Gasteiger partial charge in [0.1, 0.15) is 6.04 Å². The molecule has 0 radical (unpaired) electrons. The standard InChI is InChI=1S/C20H25N3O2/c1-13-4-2-5-16-15(12-22-18(13)16)9-10-21-19(24)17-6-3-11-23(17)20(25)14-7-8-14/h2,4-5,12,14,17,22H,3,6-11H2,1H3,(H,21,24). The van der Waals surface area contributed by atoms with Crippen LogP contribution in [0.15, 0.2) is 24.4 Å². The van der Waals surface area contributed by atoms with Crippen LogP contribution in [0.5, 0.6) is 0 Å². The lowest BCUT2D eigenvalue weighted by molar-refractivity contribution is -0.139. The number of para-hydroxylation sites is 1. The van der Waals surface area contributed by atoms with E-state index >= 15 is 0 Å². The monoisotopic (exact) mass is 339 g/mol. The highest BCUT2D eigenvalue weighted by atomic mass is 16.2. The molecule has 0 spiro atoms. The van der Waals surface area contributed by atoms with Crippen LogP contribution in [0.2, 0.25) is 0 Å². The Kier molecular flexibility index (Phi) is 4.24. The van der Waals surface area contributed by atoms with Crippen LogP contribution >= 0.6 is 0 Å². The van der Waals surface area contributed by atoms with Crippen LogP contribution in [0.3, 0.4) is 0 Å². The van der Waals surface area contributed by atoms with Crippen molar-refractivity contribution < 1.29 is 9.59 Å². The second-order valence-corrected chi connectivity index (χ2v) is 7.32. The van der Waals surface area contributed by atoms with E-state index < -0.39 is 0 Å². The highest BCUT2D eigenvalue weighted by Gasteiger charge is 2.40. The van der Waals surface area contributed by atoms with Crippen LogP contribution in [0.4, 0.5) is 0 Å². The number of nitrogens with one attached hydrogen (secondary N) is 2. The minimum absolute atomic E-state index is 0.00234. The Morgan fingerprint density at radius 2 is 2.12 bits per heavy atom. The number of rotatable bonds is 5. The van der Waals surface area contributed by atoms with Crippen LogP contribution in [-0.2, 0) is 16.0 Å². The molecule has 1 unspecified atom stereocenters. The molecular formula is C20H25N3O2. The third-order valence-electron chi connectivity index (χ3n) is 5.47. The molecule has 2 fully saturated rings. The third-order valence-corrected chi connectivity index (χ3v) is 5.47. The molecule has 2 aromatic rings. The minimum Gasteiger partial charge on any atom is -0.361 e. The van der Waals surface area contributed by atoms with Gasteiger partial charge in [0.15, 0.2) is 0 Å². The number of hydrogen-bond acceptors (Lipinski definition) is 2. The summed E-state index contributed by atoms with van der Waals surface area (Å²) < 4.78 is 0. The highest BCUT2D eigenvalue weighted by molar-refractivity contribution is 5.90. The fraction of sp³-hybridized carbons (Fsp3) is 0.500. The molecule has 2 heterocycles.